The van der Waals surface area contributed by atoms with E-state index in [-0.39, 0.29) is 23.2 Å². The number of nitrogens with one attached hydrogen (secondary N) is 2. The molecule has 2 N–H and O–H groups in total. The summed E-state index contributed by atoms with van der Waals surface area (Å²) in [5.41, 5.74) is 0.395. The Labute approximate surface area is 162 Å². The Kier molecular flexibility index (Phi) is 7.07. The van der Waals surface area contributed by atoms with Crippen LogP contribution in [0.1, 0.15) is 30.6 Å². The number of halogens is 1. The molecule has 2 aliphatic rings. The highest BCUT2D eigenvalue weighted by Crippen LogP contribution is 2.27. The van der Waals surface area contributed by atoms with Crippen LogP contribution in [0.5, 0.6) is 0 Å². The quantitative estimate of drug-likeness (QED) is 0.787. The van der Waals surface area contributed by atoms with Crippen LogP contribution in [-0.2, 0) is 10.0 Å². The van der Waals surface area contributed by atoms with E-state index < -0.39 is 10.0 Å². The highest BCUT2D eigenvalue weighted by Gasteiger charge is 2.32. The molecule has 6 nitrogen and oxygen atoms in total. The average molecular weight is 402 g/mol. The van der Waals surface area contributed by atoms with E-state index in [1.165, 1.54) is 6.07 Å². The van der Waals surface area contributed by atoms with Crippen LogP contribution >= 0.6 is 12.4 Å². The summed E-state index contributed by atoms with van der Waals surface area (Å²) in [5, 5.41) is 6.05. The first-order valence-corrected chi connectivity index (χ1v) is 10.4. The summed E-state index contributed by atoms with van der Waals surface area (Å²) in [6, 6.07) is 6.37. The lowest BCUT2D eigenvalue weighted by molar-refractivity contribution is 0.0942. The summed E-state index contributed by atoms with van der Waals surface area (Å²) in [6.45, 7) is 7.69. The number of rotatable bonds is 5. The van der Waals surface area contributed by atoms with Crippen LogP contribution in [0.15, 0.2) is 29.2 Å². The standard InChI is InChI=1S/C18H27N3O3S.ClH/c1-13-6-14(2)12-21(11-13)25(23,24)17-5-3-4-16(7-17)18(22)20-10-15-8-19-9-15;/h3-5,7,13-15,19H,6,8-12H2,1-2H3,(H,20,22);1H. The first-order valence-electron chi connectivity index (χ1n) is 8.95. The number of piperidine rings is 1. The van der Waals surface area contributed by atoms with Crippen LogP contribution in [0.2, 0.25) is 0 Å². The highest BCUT2D eigenvalue weighted by atomic mass is 35.5. The SMILES string of the molecule is CC1CC(C)CN(S(=O)(=O)c2cccc(C(=O)NCC3CNC3)c2)C1.Cl. The first-order chi connectivity index (χ1) is 11.9. The van der Waals surface area contributed by atoms with Crippen molar-refractivity contribution in [2.75, 3.05) is 32.7 Å². The molecule has 3 rings (SSSR count). The molecule has 1 amide bonds. The molecular weight excluding hydrogens is 374 g/mol. The van der Waals surface area contributed by atoms with Gasteiger partial charge in [-0.05, 0) is 36.5 Å². The molecule has 2 fully saturated rings. The molecule has 0 bridgehead atoms. The second-order valence-corrected chi connectivity index (χ2v) is 9.47. The Balaban J connectivity index is 0.00000243. The van der Waals surface area contributed by atoms with E-state index in [0.29, 0.717) is 43.0 Å². The fraction of sp³-hybridized carbons (Fsp3) is 0.611. The lowest BCUT2D eigenvalue weighted by atomic mass is 9.94. The van der Waals surface area contributed by atoms with Crippen LogP contribution < -0.4 is 10.6 Å². The molecule has 26 heavy (non-hydrogen) atoms. The molecule has 0 radical (unpaired) electrons. The predicted octanol–water partition coefficient (Wildman–Crippen LogP) is 1.72. The summed E-state index contributed by atoms with van der Waals surface area (Å²) in [4.78, 5) is 12.5. The predicted molar refractivity (Wildman–Crippen MR) is 104 cm³/mol. The minimum Gasteiger partial charge on any atom is -0.352 e. The fourth-order valence-electron chi connectivity index (χ4n) is 3.58. The van der Waals surface area contributed by atoms with E-state index in [1.807, 2.05) is 0 Å². The van der Waals surface area contributed by atoms with Gasteiger partial charge in [0.15, 0.2) is 0 Å². The molecule has 0 spiro atoms. The third-order valence-electron chi connectivity index (χ3n) is 4.99. The smallest absolute Gasteiger partial charge is 0.251 e. The van der Waals surface area contributed by atoms with Crippen LogP contribution in [0, 0.1) is 17.8 Å². The largest absolute Gasteiger partial charge is 0.352 e. The van der Waals surface area contributed by atoms with Gasteiger partial charge in [0.2, 0.25) is 10.0 Å². The Morgan fingerprint density at radius 3 is 2.46 bits per heavy atom. The molecule has 146 valence electrons. The lowest BCUT2D eigenvalue weighted by Gasteiger charge is -2.34. The van der Waals surface area contributed by atoms with Gasteiger partial charge in [-0.3, -0.25) is 4.79 Å². The van der Waals surface area contributed by atoms with E-state index in [2.05, 4.69) is 24.5 Å². The van der Waals surface area contributed by atoms with Gasteiger partial charge in [-0.15, -0.1) is 12.4 Å². The maximum absolute atomic E-state index is 13.0. The minimum absolute atomic E-state index is 0. The maximum atomic E-state index is 13.0. The van der Waals surface area contributed by atoms with E-state index >= 15 is 0 Å². The number of sulfonamides is 1. The summed E-state index contributed by atoms with van der Waals surface area (Å²) in [5.74, 6) is 0.943. The third kappa shape index (κ3) is 4.76. The molecule has 0 aromatic heterocycles. The molecule has 2 heterocycles. The van der Waals surface area contributed by atoms with Crippen LogP contribution in [0.4, 0.5) is 0 Å². The fourth-order valence-corrected chi connectivity index (χ4v) is 5.31. The zero-order valence-corrected chi connectivity index (χ0v) is 16.9. The van der Waals surface area contributed by atoms with Crippen LogP contribution in [-0.4, -0.2) is 51.4 Å². The first kappa shape index (κ1) is 21.2. The second kappa shape index (κ2) is 8.69. The van der Waals surface area contributed by atoms with Crippen molar-refractivity contribution in [3.63, 3.8) is 0 Å². The Bertz CT molecular complexity index is 727. The molecule has 2 unspecified atom stereocenters. The third-order valence-corrected chi connectivity index (χ3v) is 6.81. The van der Waals surface area contributed by atoms with Crippen LogP contribution in [0.25, 0.3) is 0 Å². The van der Waals surface area contributed by atoms with Crippen molar-refractivity contribution >= 4 is 28.3 Å². The number of carbonyl (C=O) groups excluding carboxylic acids is 1. The molecule has 2 aliphatic heterocycles. The molecule has 1 aromatic carbocycles. The van der Waals surface area contributed by atoms with E-state index in [4.69, 9.17) is 0 Å². The van der Waals surface area contributed by atoms with E-state index in [1.54, 1.807) is 22.5 Å². The number of carbonyl (C=O) groups is 1. The van der Waals surface area contributed by atoms with E-state index in [0.717, 1.165) is 19.5 Å². The maximum Gasteiger partial charge on any atom is 0.251 e. The summed E-state index contributed by atoms with van der Waals surface area (Å²) >= 11 is 0. The molecule has 2 saturated heterocycles. The highest BCUT2D eigenvalue weighted by molar-refractivity contribution is 7.89. The van der Waals surface area contributed by atoms with Crippen molar-refractivity contribution in [3.05, 3.63) is 29.8 Å². The molecule has 2 atom stereocenters. The van der Waals surface area contributed by atoms with Crippen molar-refractivity contribution in [1.29, 1.82) is 0 Å². The van der Waals surface area contributed by atoms with Gasteiger partial charge >= 0.3 is 0 Å². The molecule has 0 aliphatic carbocycles. The molecule has 8 heteroatoms. The average Bonchev–Trinajstić information content (AvgIpc) is 2.52. The van der Waals surface area contributed by atoms with Gasteiger partial charge in [-0.2, -0.15) is 4.31 Å². The number of nitrogens with zero attached hydrogens (tertiary/aromatic N) is 1. The van der Waals surface area contributed by atoms with Gasteiger partial charge in [0.1, 0.15) is 0 Å². The second-order valence-electron chi connectivity index (χ2n) is 7.53. The summed E-state index contributed by atoms with van der Waals surface area (Å²) < 4.78 is 27.5. The van der Waals surface area contributed by atoms with Crippen molar-refractivity contribution in [2.45, 2.75) is 25.2 Å². The van der Waals surface area contributed by atoms with Crippen molar-refractivity contribution in [2.24, 2.45) is 17.8 Å². The zero-order valence-electron chi connectivity index (χ0n) is 15.3. The Morgan fingerprint density at radius 1 is 1.23 bits per heavy atom. The van der Waals surface area contributed by atoms with Gasteiger partial charge in [-0.1, -0.05) is 19.9 Å². The summed E-state index contributed by atoms with van der Waals surface area (Å²) in [6.07, 6.45) is 1.05. The van der Waals surface area contributed by atoms with Gasteiger partial charge < -0.3 is 10.6 Å². The number of hydrogen-bond donors (Lipinski definition) is 2. The monoisotopic (exact) mass is 401 g/mol. The number of hydrogen-bond acceptors (Lipinski definition) is 4. The zero-order chi connectivity index (χ0) is 18.0. The van der Waals surface area contributed by atoms with Crippen molar-refractivity contribution in [1.82, 2.24) is 14.9 Å². The summed E-state index contributed by atoms with van der Waals surface area (Å²) in [7, 11) is -3.57. The molecular formula is C18H28ClN3O3S. The lowest BCUT2D eigenvalue weighted by Crippen LogP contribution is -2.48. The van der Waals surface area contributed by atoms with Gasteiger partial charge in [-0.25, -0.2) is 8.42 Å². The normalized spacial score (nSPS) is 24.4. The number of benzene rings is 1. The van der Waals surface area contributed by atoms with E-state index in [9.17, 15) is 13.2 Å². The van der Waals surface area contributed by atoms with Crippen molar-refractivity contribution in [3.8, 4) is 0 Å². The Hall–Kier alpha value is -1.15. The van der Waals surface area contributed by atoms with Gasteiger partial charge in [0.05, 0.1) is 4.90 Å². The Morgan fingerprint density at radius 2 is 1.88 bits per heavy atom. The van der Waals surface area contributed by atoms with Crippen molar-refractivity contribution < 1.29 is 13.2 Å². The number of amides is 1. The minimum atomic E-state index is -3.57. The molecule has 0 saturated carbocycles. The van der Waals surface area contributed by atoms with Gasteiger partial charge in [0.25, 0.3) is 5.91 Å². The van der Waals surface area contributed by atoms with Crippen LogP contribution in [0.3, 0.4) is 0 Å². The van der Waals surface area contributed by atoms with Gasteiger partial charge in [0, 0.05) is 44.2 Å². The molecule has 1 aromatic rings. The topological polar surface area (TPSA) is 78.5 Å².